The highest BCUT2D eigenvalue weighted by molar-refractivity contribution is 9.10. The minimum absolute atomic E-state index is 0. The van der Waals surface area contributed by atoms with E-state index in [0.29, 0.717) is 0 Å². The van der Waals surface area contributed by atoms with E-state index >= 15 is 0 Å². The molecule has 102 valence electrons. The van der Waals surface area contributed by atoms with Gasteiger partial charge in [0.1, 0.15) is 0 Å². The Morgan fingerprint density at radius 1 is 1.26 bits per heavy atom. The van der Waals surface area contributed by atoms with E-state index in [4.69, 9.17) is 11.6 Å². The minimum atomic E-state index is 0. The molecule has 2 aromatic rings. The zero-order valence-corrected chi connectivity index (χ0v) is 13.4. The molecule has 0 radical (unpaired) electrons. The van der Waals surface area contributed by atoms with E-state index in [9.17, 15) is 0 Å². The average Bonchev–Trinajstić information content (AvgIpc) is 2.39. The number of pyridine rings is 1. The van der Waals surface area contributed by atoms with Crippen LogP contribution < -0.4 is 10.2 Å². The minimum Gasteiger partial charge on any atom is -0.367 e. The normalized spacial score (nSPS) is 15.4. The molecule has 2 heterocycles. The van der Waals surface area contributed by atoms with Crippen LogP contribution in [-0.2, 0) is 0 Å². The summed E-state index contributed by atoms with van der Waals surface area (Å²) in [5.74, 6) is 0. The highest BCUT2D eigenvalue weighted by atomic mass is 79.9. The van der Waals surface area contributed by atoms with Crippen molar-refractivity contribution in [2.24, 2.45) is 0 Å². The number of halogens is 3. The quantitative estimate of drug-likeness (QED) is 0.841. The molecule has 0 aliphatic carbocycles. The fourth-order valence-electron chi connectivity index (χ4n) is 2.34. The van der Waals surface area contributed by atoms with Crippen LogP contribution in [0, 0.1) is 0 Å². The van der Waals surface area contributed by atoms with Crippen molar-refractivity contribution >= 4 is 56.5 Å². The van der Waals surface area contributed by atoms with Gasteiger partial charge in [-0.05, 0) is 34.1 Å². The molecule has 1 N–H and O–H groups in total. The van der Waals surface area contributed by atoms with Crippen molar-refractivity contribution in [1.82, 2.24) is 10.3 Å². The van der Waals surface area contributed by atoms with Crippen LogP contribution in [0.25, 0.3) is 10.9 Å². The van der Waals surface area contributed by atoms with Crippen molar-refractivity contribution in [2.45, 2.75) is 0 Å². The molecule has 19 heavy (non-hydrogen) atoms. The van der Waals surface area contributed by atoms with Gasteiger partial charge < -0.3 is 10.2 Å². The lowest BCUT2D eigenvalue weighted by molar-refractivity contribution is 0.589. The second-order valence-corrected chi connectivity index (χ2v) is 5.64. The van der Waals surface area contributed by atoms with Gasteiger partial charge in [-0.25, -0.2) is 0 Å². The molecule has 6 heteroatoms. The Morgan fingerprint density at radius 3 is 2.74 bits per heavy atom. The molecule has 0 amide bonds. The number of hydrogen-bond acceptors (Lipinski definition) is 3. The maximum absolute atomic E-state index is 6.11. The SMILES string of the molecule is Cl.Clc1ccc2ncc(Br)c(N3CCNCC3)c2c1. The van der Waals surface area contributed by atoms with Gasteiger partial charge in [-0.1, -0.05) is 11.6 Å². The van der Waals surface area contributed by atoms with E-state index in [0.717, 1.165) is 46.6 Å². The van der Waals surface area contributed by atoms with Crippen molar-refractivity contribution in [3.8, 4) is 0 Å². The number of benzene rings is 1. The van der Waals surface area contributed by atoms with Crippen LogP contribution in [0.2, 0.25) is 5.02 Å². The number of nitrogens with zero attached hydrogens (tertiary/aromatic N) is 2. The third kappa shape index (κ3) is 2.97. The number of hydrogen-bond donors (Lipinski definition) is 1. The molecular formula is C13H14BrCl2N3. The molecule has 0 unspecified atom stereocenters. The Labute approximate surface area is 131 Å². The van der Waals surface area contributed by atoms with E-state index < -0.39 is 0 Å². The van der Waals surface area contributed by atoms with Crippen LogP contribution in [0.15, 0.2) is 28.9 Å². The maximum Gasteiger partial charge on any atom is 0.0724 e. The van der Waals surface area contributed by atoms with E-state index in [1.807, 2.05) is 24.4 Å². The summed E-state index contributed by atoms with van der Waals surface area (Å²) < 4.78 is 1.03. The van der Waals surface area contributed by atoms with E-state index in [1.165, 1.54) is 5.69 Å². The highest BCUT2D eigenvalue weighted by Crippen LogP contribution is 2.34. The Bertz CT molecular complexity index is 580. The zero-order valence-electron chi connectivity index (χ0n) is 10.2. The molecule has 0 spiro atoms. The molecule has 1 aromatic carbocycles. The van der Waals surface area contributed by atoms with Crippen molar-refractivity contribution in [3.05, 3.63) is 33.9 Å². The van der Waals surface area contributed by atoms with Crippen molar-refractivity contribution in [3.63, 3.8) is 0 Å². The number of anilines is 1. The van der Waals surface area contributed by atoms with E-state index in [2.05, 4.69) is 31.1 Å². The molecule has 3 nitrogen and oxygen atoms in total. The molecular weight excluding hydrogens is 349 g/mol. The maximum atomic E-state index is 6.11. The molecule has 1 aliphatic rings. The standard InChI is InChI=1S/C13H13BrClN3.ClH/c14-11-8-17-12-2-1-9(15)7-10(12)13(11)18-5-3-16-4-6-18;/h1-2,7-8,16H,3-6H2;1H. The fraction of sp³-hybridized carbons (Fsp3) is 0.308. The second-order valence-electron chi connectivity index (χ2n) is 4.35. The van der Waals surface area contributed by atoms with Crippen LogP contribution >= 0.6 is 39.9 Å². The lowest BCUT2D eigenvalue weighted by Crippen LogP contribution is -2.43. The fourth-order valence-corrected chi connectivity index (χ4v) is 3.08. The second kappa shape index (κ2) is 6.27. The Morgan fingerprint density at radius 2 is 2.00 bits per heavy atom. The summed E-state index contributed by atoms with van der Waals surface area (Å²) in [5, 5.41) is 5.22. The Balaban J connectivity index is 0.00000133. The molecule has 0 atom stereocenters. The first kappa shape index (κ1) is 14.9. The van der Waals surface area contributed by atoms with Gasteiger partial charge in [-0.2, -0.15) is 0 Å². The summed E-state index contributed by atoms with van der Waals surface area (Å²) in [5.41, 5.74) is 2.18. The first-order valence-corrected chi connectivity index (χ1v) is 7.12. The molecule has 1 saturated heterocycles. The summed E-state index contributed by atoms with van der Waals surface area (Å²) in [4.78, 5) is 6.81. The molecule has 0 bridgehead atoms. The summed E-state index contributed by atoms with van der Waals surface area (Å²) in [6.45, 7) is 4.03. The lowest BCUT2D eigenvalue weighted by atomic mass is 10.1. The summed E-state index contributed by atoms with van der Waals surface area (Å²) in [6, 6.07) is 5.84. The third-order valence-corrected chi connectivity index (χ3v) is 4.01. The largest absolute Gasteiger partial charge is 0.367 e. The molecule has 3 rings (SSSR count). The van der Waals surface area contributed by atoms with Crippen LogP contribution in [-0.4, -0.2) is 31.2 Å². The first-order valence-electron chi connectivity index (χ1n) is 5.95. The third-order valence-electron chi connectivity index (χ3n) is 3.19. The van der Waals surface area contributed by atoms with Gasteiger partial charge >= 0.3 is 0 Å². The van der Waals surface area contributed by atoms with Gasteiger partial charge in [0, 0.05) is 42.8 Å². The molecule has 1 aliphatic heterocycles. The topological polar surface area (TPSA) is 28.2 Å². The summed E-state index contributed by atoms with van der Waals surface area (Å²) in [7, 11) is 0. The summed E-state index contributed by atoms with van der Waals surface area (Å²) in [6.07, 6.45) is 1.87. The number of rotatable bonds is 1. The van der Waals surface area contributed by atoms with Gasteiger partial charge in [0.2, 0.25) is 0 Å². The van der Waals surface area contributed by atoms with Crippen LogP contribution in [0.1, 0.15) is 0 Å². The van der Waals surface area contributed by atoms with Gasteiger partial charge in [0.05, 0.1) is 15.7 Å². The Kier molecular flexibility index (Phi) is 4.90. The number of fused-ring (bicyclic) bond motifs is 1. The van der Waals surface area contributed by atoms with Crippen molar-refractivity contribution < 1.29 is 0 Å². The van der Waals surface area contributed by atoms with Crippen LogP contribution in [0.5, 0.6) is 0 Å². The zero-order chi connectivity index (χ0) is 12.5. The van der Waals surface area contributed by atoms with E-state index in [-0.39, 0.29) is 12.4 Å². The predicted octanol–water partition coefficient (Wildman–Crippen LogP) is 3.48. The highest BCUT2D eigenvalue weighted by Gasteiger charge is 2.17. The molecule has 1 fully saturated rings. The average molecular weight is 363 g/mol. The molecule has 0 saturated carbocycles. The van der Waals surface area contributed by atoms with Gasteiger partial charge in [-0.15, -0.1) is 12.4 Å². The van der Waals surface area contributed by atoms with Gasteiger partial charge in [0.25, 0.3) is 0 Å². The number of piperazine rings is 1. The van der Waals surface area contributed by atoms with Gasteiger partial charge in [-0.3, -0.25) is 4.98 Å². The first-order chi connectivity index (χ1) is 8.75. The summed E-state index contributed by atoms with van der Waals surface area (Å²) >= 11 is 9.72. The number of nitrogens with one attached hydrogen (secondary N) is 1. The Hall–Kier alpha value is -0.550. The van der Waals surface area contributed by atoms with Crippen molar-refractivity contribution in [2.75, 3.05) is 31.1 Å². The monoisotopic (exact) mass is 361 g/mol. The van der Waals surface area contributed by atoms with E-state index in [1.54, 1.807) is 0 Å². The van der Waals surface area contributed by atoms with Gasteiger partial charge in [0.15, 0.2) is 0 Å². The molecule has 1 aromatic heterocycles. The van der Waals surface area contributed by atoms with Crippen LogP contribution in [0.4, 0.5) is 5.69 Å². The smallest absolute Gasteiger partial charge is 0.0724 e. The lowest BCUT2D eigenvalue weighted by Gasteiger charge is -2.31. The number of aromatic nitrogens is 1. The predicted molar refractivity (Wildman–Crippen MR) is 86.8 cm³/mol. The van der Waals surface area contributed by atoms with Crippen molar-refractivity contribution in [1.29, 1.82) is 0 Å². The van der Waals surface area contributed by atoms with Crippen LogP contribution in [0.3, 0.4) is 0 Å².